The molecule has 1 amide bonds. The molecule has 3 aromatic rings. The maximum Gasteiger partial charge on any atom is 0.252 e. The molecular formula is C19H25N5OS. The van der Waals surface area contributed by atoms with Crippen molar-refractivity contribution in [1.29, 1.82) is 0 Å². The largest absolute Gasteiger partial charge is 0.348 e. The Hall–Kier alpha value is -2.25. The minimum Gasteiger partial charge on any atom is -0.348 e. The van der Waals surface area contributed by atoms with Crippen LogP contribution in [0.3, 0.4) is 0 Å². The third-order valence-electron chi connectivity index (χ3n) is 4.36. The Morgan fingerprint density at radius 3 is 2.81 bits per heavy atom. The van der Waals surface area contributed by atoms with Crippen LogP contribution in [0.1, 0.15) is 36.3 Å². The number of hydrogen-bond donors (Lipinski definition) is 2. The van der Waals surface area contributed by atoms with E-state index in [1.807, 2.05) is 37.6 Å². The molecule has 138 valence electrons. The maximum atomic E-state index is 13.1. The Kier molecular flexibility index (Phi) is 5.38. The van der Waals surface area contributed by atoms with Crippen LogP contribution in [0.4, 0.5) is 0 Å². The standard InChI is InChI=1S/C19H25N5OS/c1-11(2)8-13(10-20)21-19(25)14-9-15(16-6-5-7-26-16)22-18-17(14)12(3)23-24(18)4/h5-7,9,11,13H,8,10,20H2,1-4H3,(H,21,25). The maximum absolute atomic E-state index is 13.1. The van der Waals surface area contributed by atoms with Crippen LogP contribution >= 0.6 is 11.3 Å². The van der Waals surface area contributed by atoms with Crippen molar-refractivity contribution < 1.29 is 4.79 Å². The minimum absolute atomic E-state index is 0.0483. The molecule has 7 heteroatoms. The number of nitrogens with zero attached hydrogens (tertiary/aromatic N) is 3. The second-order valence-electron chi connectivity index (χ2n) is 6.98. The lowest BCUT2D eigenvalue weighted by molar-refractivity contribution is 0.0935. The molecule has 1 atom stereocenters. The lowest BCUT2D eigenvalue weighted by Crippen LogP contribution is -2.41. The fraction of sp³-hybridized carbons (Fsp3) is 0.421. The van der Waals surface area contributed by atoms with E-state index >= 15 is 0 Å². The molecule has 3 rings (SSSR count). The normalized spacial score (nSPS) is 12.7. The van der Waals surface area contributed by atoms with Gasteiger partial charge in [-0.25, -0.2) is 4.98 Å². The summed E-state index contributed by atoms with van der Waals surface area (Å²) in [5, 5.41) is 10.3. The van der Waals surface area contributed by atoms with Gasteiger partial charge in [0.25, 0.3) is 5.91 Å². The molecule has 0 spiro atoms. The van der Waals surface area contributed by atoms with Gasteiger partial charge in [0.2, 0.25) is 0 Å². The summed E-state index contributed by atoms with van der Waals surface area (Å²) in [6.45, 7) is 6.57. The number of carbonyl (C=O) groups is 1. The van der Waals surface area contributed by atoms with Crippen molar-refractivity contribution in [3.05, 3.63) is 34.8 Å². The fourth-order valence-electron chi connectivity index (χ4n) is 3.22. The smallest absolute Gasteiger partial charge is 0.252 e. The van der Waals surface area contributed by atoms with E-state index in [1.165, 1.54) is 0 Å². The van der Waals surface area contributed by atoms with Crippen molar-refractivity contribution in [2.45, 2.75) is 33.2 Å². The van der Waals surface area contributed by atoms with E-state index in [0.29, 0.717) is 23.7 Å². The zero-order valence-corrected chi connectivity index (χ0v) is 16.4. The number of amides is 1. The first-order valence-corrected chi connectivity index (χ1v) is 9.67. The van der Waals surface area contributed by atoms with Gasteiger partial charge in [0.15, 0.2) is 5.65 Å². The van der Waals surface area contributed by atoms with Gasteiger partial charge in [0.05, 0.1) is 27.2 Å². The molecule has 26 heavy (non-hydrogen) atoms. The molecule has 0 fully saturated rings. The van der Waals surface area contributed by atoms with Crippen molar-refractivity contribution >= 4 is 28.3 Å². The van der Waals surface area contributed by atoms with Gasteiger partial charge < -0.3 is 11.1 Å². The quantitative estimate of drug-likeness (QED) is 0.697. The Morgan fingerprint density at radius 2 is 2.19 bits per heavy atom. The number of aromatic nitrogens is 3. The molecular weight excluding hydrogens is 346 g/mol. The molecule has 3 heterocycles. The van der Waals surface area contributed by atoms with E-state index in [9.17, 15) is 4.79 Å². The monoisotopic (exact) mass is 371 g/mol. The van der Waals surface area contributed by atoms with Crippen molar-refractivity contribution in [2.75, 3.05) is 6.54 Å². The predicted molar refractivity (Wildman–Crippen MR) is 106 cm³/mol. The molecule has 0 aromatic carbocycles. The first kappa shape index (κ1) is 18.5. The molecule has 3 N–H and O–H groups in total. The van der Waals surface area contributed by atoms with Crippen molar-refractivity contribution in [3.63, 3.8) is 0 Å². The van der Waals surface area contributed by atoms with E-state index in [4.69, 9.17) is 10.7 Å². The molecule has 3 aromatic heterocycles. The summed E-state index contributed by atoms with van der Waals surface area (Å²) in [7, 11) is 1.85. The summed E-state index contributed by atoms with van der Waals surface area (Å²) >= 11 is 1.60. The fourth-order valence-corrected chi connectivity index (χ4v) is 3.91. The Labute approximate surface area is 157 Å². The van der Waals surface area contributed by atoms with Crippen LogP contribution in [0.15, 0.2) is 23.6 Å². The van der Waals surface area contributed by atoms with Crippen molar-refractivity contribution in [2.24, 2.45) is 18.7 Å². The van der Waals surface area contributed by atoms with Crippen molar-refractivity contribution in [3.8, 4) is 10.6 Å². The lowest BCUT2D eigenvalue weighted by Gasteiger charge is -2.19. The van der Waals surface area contributed by atoms with E-state index in [-0.39, 0.29) is 11.9 Å². The third-order valence-corrected chi connectivity index (χ3v) is 5.25. The minimum atomic E-state index is -0.123. The van der Waals surface area contributed by atoms with Gasteiger partial charge in [0, 0.05) is 19.6 Å². The molecule has 0 saturated heterocycles. The highest BCUT2D eigenvalue weighted by molar-refractivity contribution is 7.13. The molecule has 0 radical (unpaired) electrons. The van der Waals surface area contributed by atoms with Gasteiger partial charge in [-0.2, -0.15) is 5.10 Å². The number of pyridine rings is 1. The molecule has 0 aliphatic carbocycles. The molecule has 0 aliphatic rings. The molecule has 0 bridgehead atoms. The third kappa shape index (κ3) is 3.64. The second-order valence-corrected chi connectivity index (χ2v) is 7.92. The van der Waals surface area contributed by atoms with Gasteiger partial charge in [-0.15, -0.1) is 11.3 Å². The van der Waals surface area contributed by atoms with E-state index in [2.05, 4.69) is 24.3 Å². The van der Waals surface area contributed by atoms with Crippen LogP contribution in [0, 0.1) is 12.8 Å². The number of nitrogens with one attached hydrogen (secondary N) is 1. The summed E-state index contributed by atoms with van der Waals surface area (Å²) < 4.78 is 1.73. The van der Waals surface area contributed by atoms with Gasteiger partial charge in [-0.05, 0) is 36.8 Å². The number of aryl methyl sites for hydroxylation is 2. The summed E-state index contributed by atoms with van der Waals surface area (Å²) in [6.07, 6.45) is 0.847. The highest BCUT2D eigenvalue weighted by Crippen LogP contribution is 2.29. The van der Waals surface area contributed by atoms with Gasteiger partial charge in [-0.1, -0.05) is 19.9 Å². The zero-order chi connectivity index (χ0) is 18.8. The van der Waals surface area contributed by atoms with Crippen LogP contribution in [0.25, 0.3) is 21.6 Å². The summed E-state index contributed by atoms with van der Waals surface area (Å²) in [5.41, 5.74) is 8.76. The Bertz CT molecular complexity index is 914. The highest BCUT2D eigenvalue weighted by atomic mass is 32.1. The Balaban J connectivity index is 2.07. The molecule has 0 saturated carbocycles. The summed E-state index contributed by atoms with van der Waals surface area (Å²) in [4.78, 5) is 18.8. The number of nitrogens with two attached hydrogens (primary N) is 1. The number of rotatable bonds is 6. The number of fused-ring (bicyclic) bond motifs is 1. The lowest BCUT2D eigenvalue weighted by atomic mass is 10.0. The van der Waals surface area contributed by atoms with Crippen LogP contribution in [-0.4, -0.2) is 33.3 Å². The first-order valence-electron chi connectivity index (χ1n) is 8.79. The highest BCUT2D eigenvalue weighted by Gasteiger charge is 2.21. The van der Waals surface area contributed by atoms with Gasteiger partial charge in [0.1, 0.15) is 0 Å². The zero-order valence-electron chi connectivity index (χ0n) is 15.6. The van der Waals surface area contributed by atoms with Crippen LogP contribution in [-0.2, 0) is 7.05 Å². The average molecular weight is 372 g/mol. The van der Waals surface area contributed by atoms with Gasteiger partial charge in [-0.3, -0.25) is 9.48 Å². The molecule has 0 aliphatic heterocycles. The number of carbonyl (C=O) groups excluding carboxylic acids is 1. The first-order chi connectivity index (χ1) is 12.4. The van der Waals surface area contributed by atoms with E-state index in [0.717, 1.165) is 28.1 Å². The molecule has 6 nitrogen and oxygen atoms in total. The van der Waals surface area contributed by atoms with Crippen molar-refractivity contribution in [1.82, 2.24) is 20.1 Å². The summed E-state index contributed by atoms with van der Waals surface area (Å²) in [6, 6.07) is 5.80. The number of thiophene rings is 1. The van der Waals surface area contributed by atoms with Crippen LogP contribution in [0.5, 0.6) is 0 Å². The summed E-state index contributed by atoms with van der Waals surface area (Å²) in [5.74, 6) is 0.338. The van der Waals surface area contributed by atoms with Crippen LogP contribution in [0.2, 0.25) is 0 Å². The SMILES string of the molecule is Cc1nn(C)c2nc(-c3cccs3)cc(C(=O)NC(CN)CC(C)C)c12. The predicted octanol–water partition coefficient (Wildman–Crippen LogP) is 3.11. The van der Waals surface area contributed by atoms with E-state index in [1.54, 1.807) is 16.0 Å². The average Bonchev–Trinajstić information content (AvgIpc) is 3.22. The second kappa shape index (κ2) is 7.55. The number of hydrogen-bond acceptors (Lipinski definition) is 5. The topological polar surface area (TPSA) is 85.8 Å². The van der Waals surface area contributed by atoms with Crippen LogP contribution < -0.4 is 11.1 Å². The van der Waals surface area contributed by atoms with E-state index < -0.39 is 0 Å². The Morgan fingerprint density at radius 1 is 1.42 bits per heavy atom. The molecule has 1 unspecified atom stereocenters. The van der Waals surface area contributed by atoms with Gasteiger partial charge >= 0.3 is 0 Å².